The predicted molar refractivity (Wildman–Crippen MR) is 98.5 cm³/mol. The Hall–Kier alpha value is -3.42. The molecule has 6 nitrogen and oxygen atoms in total. The van der Waals surface area contributed by atoms with E-state index in [1.165, 1.54) is 24.3 Å². The highest BCUT2D eigenvalue weighted by molar-refractivity contribution is 5.98. The van der Waals surface area contributed by atoms with Gasteiger partial charge in [0.15, 0.2) is 0 Å². The van der Waals surface area contributed by atoms with Crippen LogP contribution in [-0.2, 0) is 4.79 Å². The number of hydrogen-bond acceptors (Lipinski definition) is 4. The van der Waals surface area contributed by atoms with Gasteiger partial charge in [-0.3, -0.25) is 20.4 Å². The summed E-state index contributed by atoms with van der Waals surface area (Å²) in [6.07, 6.45) is 2.41. The zero-order chi connectivity index (χ0) is 19.8. The molecular weight excluding hydrogens is 356 g/mol. The lowest BCUT2D eigenvalue weighted by atomic mass is 10.2. The van der Waals surface area contributed by atoms with Gasteiger partial charge in [0.1, 0.15) is 5.75 Å². The van der Waals surface area contributed by atoms with Crippen molar-refractivity contribution in [2.75, 3.05) is 19.0 Å². The molecule has 2 rings (SSSR count). The molecule has 27 heavy (non-hydrogen) atoms. The second-order valence-corrected chi connectivity index (χ2v) is 5.64. The molecule has 0 aliphatic heterocycles. The monoisotopic (exact) mass is 375 g/mol. The number of rotatable bonds is 6. The molecule has 8 heteroatoms. The summed E-state index contributed by atoms with van der Waals surface area (Å²) >= 11 is 0. The standard InChI is InChI=1S/C19H19F2N3O3/c1-24(2)15-8-5-7-14(12-15)18(26)23-22-17(25)11-10-13-6-3-4-9-16(13)27-19(20)21/h3-12,19H,1-2H3,(H,22,25)(H,23,26)/b11-10+. The van der Waals surface area contributed by atoms with Crippen LogP contribution in [0, 0.1) is 0 Å². The molecule has 0 fully saturated rings. The van der Waals surface area contributed by atoms with Crippen molar-refractivity contribution >= 4 is 23.6 Å². The number of nitrogens with zero attached hydrogens (tertiary/aromatic N) is 1. The van der Waals surface area contributed by atoms with E-state index in [2.05, 4.69) is 15.6 Å². The first-order chi connectivity index (χ1) is 12.9. The fraction of sp³-hybridized carbons (Fsp3) is 0.158. The Morgan fingerprint density at radius 1 is 1.07 bits per heavy atom. The van der Waals surface area contributed by atoms with E-state index >= 15 is 0 Å². The van der Waals surface area contributed by atoms with Gasteiger partial charge in [0, 0.05) is 37.0 Å². The van der Waals surface area contributed by atoms with Gasteiger partial charge in [0.2, 0.25) is 0 Å². The molecule has 142 valence electrons. The number of nitrogens with one attached hydrogen (secondary N) is 2. The first-order valence-corrected chi connectivity index (χ1v) is 7.96. The highest BCUT2D eigenvalue weighted by atomic mass is 19.3. The molecular formula is C19H19F2N3O3. The Morgan fingerprint density at radius 2 is 1.81 bits per heavy atom. The molecule has 0 spiro atoms. The SMILES string of the molecule is CN(C)c1cccc(C(=O)NNC(=O)/C=C/c2ccccc2OC(F)F)c1. The zero-order valence-electron chi connectivity index (χ0n) is 14.8. The summed E-state index contributed by atoms with van der Waals surface area (Å²) in [6, 6.07) is 12.9. The third-order valence-electron chi connectivity index (χ3n) is 3.47. The van der Waals surface area contributed by atoms with Crippen LogP contribution < -0.4 is 20.5 Å². The summed E-state index contributed by atoms with van der Waals surface area (Å²) in [6.45, 7) is -2.97. The minimum absolute atomic E-state index is 0.0546. The van der Waals surface area contributed by atoms with Crippen LogP contribution in [0.15, 0.2) is 54.6 Å². The van der Waals surface area contributed by atoms with Crippen LogP contribution in [0.2, 0.25) is 0 Å². The number of alkyl halides is 2. The van der Waals surface area contributed by atoms with Crippen LogP contribution in [0.4, 0.5) is 14.5 Å². The molecule has 0 radical (unpaired) electrons. The predicted octanol–water partition coefficient (Wildman–Crippen LogP) is 2.83. The van der Waals surface area contributed by atoms with Crippen molar-refractivity contribution in [3.8, 4) is 5.75 Å². The van der Waals surface area contributed by atoms with Crippen LogP contribution in [0.3, 0.4) is 0 Å². The molecule has 2 amide bonds. The summed E-state index contributed by atoms with van der Waals surface area (Å²) in [5.41, 5.74) is 6.04. The Balaban J connectivity index is 1.95. The molecule has 2 N–H and O–H groups in total. The van der Waals surface area contributed by atoms with Gasteiger partial charge in [-0.15, -0.1) is 0 Å². The van der Waals surface area contributed by atoms with Gasteiger partial charge in [-0.25, -0.2) is 0 Å². The number of anilines is 1. The average molecular weight is 375 g/mol. The average Bonchev–Trinajstić information content (AvgIpc) is 2.65. The van der Waals surface area contributed by atoms with Crippen molar-refractivity contribution in [1.82, 2.24) is 10.9 Å². The summed E-state index contributed by atoms with van der Waals surface area (Å²) in [5.74, 6) is -1.16. The highest BCUT2D eigenvalue weighted by Crippen LogP contribution is 2.21. The smallest absolute Gasteiger partial charge is 0.387 e. The van der Waals surface area contributed by atoms with Gasteiger partial charge >= 0.3 is 6.61 Å². The number of halogens is 2. The van der Waals surface area contributed by atoms with Crippen molar-refractivity contribution in [2.24, 2.45) is 0 Å². The Labute approximate surface area is 155 Å². The first-order valence-electron chi connectivity index (χ1n) is 7.96. The van der Waals surface area contributed by atoms with Crippen molar-refractivity contribution in [3.05, 3.63) is 65.7 Å². The highest BCUT2D eigenvalue weighted by Gasteiger charge is 2.09. The molecule has 2 aromatic rings. The number of hydrogen-bond donors (Lipinski definition) is 2. The van der Waals surface area contributed by atoms with Crippen LogP contribution in [0.25, 0.3) is 6.08 Å². The summed E-state index contributed by atoms with van der Waals surface area (Å²) in [5, 5.41) is 0. The number of para-hydroxylation sites is 1. The number of carbonyl (C=O) groups excluding carboxylic acids is 2. The van der Waals surface area contributed by atoms with Gasteiger partial charge in [-0.05, 0) is 30.3 Å². The van der Waals surface area contributed by atoms with E-state index in [9.17, 15) is 18.4 Å². The number of hydrazine groups is 1. The molecule has 0 heterocycles. The van der Waals surface area contributed by atoms with E-state index in [0.29, 0.717) is 11.1 Å². The normalized spacial score (nSPS) is 10.7. The lowest BCUT2D eigenvalue weighted by Gasteiger charge is -2.13. The van der Waals surface area contributed by atoms with Crippen molar-refractivity contribution in [2.45, 2.75) is 6.61 Å². The molecule has 0 saturated heterocycles. The van der Waals surface area contributed by atoms with Gasteiger partial charge in [-0.1, -0.05) is 24.3 Å². The third kappa shape index (κ3) is 6.10. The second kappa shape index (κ2) is 9.33. The summed E-state index contributed by atoms with van der Waals surface area (Å²) in [7, 11) is 3.69. The number of carbonyl (C=O) groups is 2. The Morgan fingerprint density at radius 3 is 2.52 bits per heavy atom. The fourth-order valence-electron chi connectivity index (χ4n) is 2.14. The maximum absolute atomic E-state index is 12.4. The Bertz CT molecular complexity index is 838. The van der Waals surface area contributed by atoms with E-state index in [4.69, 9.17) is 0 Å². The first kappa shape index (κ1) is 19.9. The summed E-state index contributed by atoms with van der Waals surface area (Å²) in [4.78, 5) is 25.8. The lowest BCUT2D eigenvalue weighted by Crippen LogP contribution is -2.40. The minimum Gasteiger partial charge on any atom is -0.434 e. The molecule has 0 aromatic heterocycles. The molecule has 2 aromatic carbocycles. The van der Waals surface area contributed by atoms with E-state index in [1.807, 2.05) is 25.1 Å². The van der Waals surface area contributed by atoms with Crippen molar-refractivity contribution in [1.29, 1.82) is 0 Å². The third-order valence-corrected chi connectivity index (χ3v) is 3.47. The van der Waals surface area contributed by atoms with Crippen LogP contribution >= 0.6 is 0 Å². The molecule has 0 bridgehead atoms. The van der Waals surface area contributed by atoms with Crippen LogP contribution in [0.1, 0.15) is 15.9 Å². The number of amides is 2. The van der Waals surface area contributed by atoms with Crippen LogP contribution in [0.5, 0.6) is 5.75 Å². The minimum atomic E-state index is -2.97. The number of benzene rings is 2. The maximum atomic E-state index is 12.4. The second-order valence-electron chi connectivity index (χ2n) is 5.64. The zero-order valence-corrected chi connectivity index (χ0v) is 14.8. The summed E-state index contributed by atoms with van der Waals surface area (Å²) < 4.78 is 29.1. The quantitative estimate of drug-likeness (QED) is 0.602. The molecule has 0 aliphatic carbocycles. The molecule has 0 saturated carbocycles. The lowest BCUT2D eigenvalue weighted by molar-refractivity contribution is -0.117. The van der Waals surface area contributed by atoms with E-state index in [1.54, 1.807) is 24.3 Å². The number of ether oxygens (including phenoxy) is 1. The van der Waals surface area contributed by atoms with Gasteiger partial charge in [-0.2, -0.15) is 8.78 Å². The fourth-order valence-corrected chi connectivity index (χ4v) is 2.14. The molecule has 0 atom stereocenters. The van der Waals surface area contributed by atoms with Gasteiger partial charge < -0.3 is 9.64 Å². The largest absolute Gasteiger partial charge is 0.434 e. The van der Waals surface area contributed by atoms with E-state index < -0.39 is 18.4 Å². The van der Waals surface area contributed by atoms with E-state index in [-0.39, 0.29) is 5.75 Å². The van der Waals surface area contributed by atoms with Crippen molar-refractivity contribution in [3.63, 3.8) is 0 Å². The molecule has 0 unspecified atom stereocenters. The van der Waals surface area contributed by atoms with Gasteiger partial charge in [0.05, 0.1) is 0 Å². The van der Waals surface area contributed by atoms with E-state index in [0.717, 1.165) is 11.8 Å². The van der Waals surface area contributed by atoms with Crippen LogP contribution in [-0.4, -0.2) is 32.5 Å². The van der Waals surface area contributed by atoms with Gasteiger partial charge in [0.25, 0.3) is 11.8 Å². The maximum Gasteiger partial charge on any atom is 0.387 e. The Kier molecular flexibility index (Phi) is 6.87. The topological polar surface area (TPSA) is 70.7 Å². The molecule has 0 aliphatic rings. The van der Waals surface area contributed by atoms with Crippen molar-refractivity contribution < 1.29 is 23.1 Å².